The number of non-ortho nitro benzene ring substituents is 1. The summed E-state index contributed by atoms with van der Waals surface area (Å²) in [7, 11) is 0. The zero-order valence-electron chi connectivity index (χ0n) is 12.3. The molecule has 3 rings (SSSR count). The number of aryl methyl sites for hydroxylation is 1. The third kappa shape index (κ3) is 2.55. The van der Waals surface area contributed by atoms with E-state index in [9.17, 15) is 10.1 Å². The largest absolute Gasteiger partial charge is 0.382 e. The molecule has 1 heterocycles. The fourth-order valence-corrected chi connectivity index (χ4v) is 2.92. The van der Waals surface area contributed by atoms with Gasteiger partial charge in [-0.15, -0.1) is 0 Å². The SMILES string of the molecule is Cc1cc2c(NC(C)C3CCC3)ccc([N+](=O)[O-])c2cn1. The van der Waals surface area contributed by atoms with Gasteiger partial charge in [0.15, 0.2) is 0 Å². The monoisotopic (exact) mass is 285 g/mol. The van der Waals surface area contributed by atoms with Gasteiger partial charge in [-0.05, 0) is 44.7 Å². The molecule has 110 valence electrons. The quantitative estimate of drug-likeness (QED) is 0.679. The number of hydrogen-bond acceptors (Lipinski definition) is 4. The Kier molecular flexibility index (Phi) is 3.49. The van der Waals surface area contributed by atoms with Crippen LogP contribution in [-0.4, -0.2) is 15.9 Å². The Labute approximate surface area is 123 Å². The van der Waals surface area contributed by atoms with Crippen molar-refractivity contribution in [2.45, 2.75) is 39.2 Å². The van der Waals surface area contributed by atoms with Crippen molar-refractivity contribution in [3.05, 3.63) is 40.2 Å². The van der Waals surface area contributed by atoms with Gasteiger partial charge >= 0.3 is 0 Å². The van der Waals surface area contributed by atoms with Gasteiger partial charge < -0.3 is 5.32 Å². The van der Waals surface area contributed by atoms with Crippen molar-refractivity contribution in [3.8, 4) is 0 Å². The lowest BCUT2D eigenvalue weighted by molar-refractivity contribution is -0.383. The summed E-state index contributed by atoms with van der Waals surface area (Å²) in [5.41, 5.74) is 1.93. The molecule has 1 aromatic heterocycles. The molecule has 0 radical (unpaired) electrons. The summed E-state index contributed by atoms with van der Waals surface area (Å²) in [6.45, 7) is 4.09. The van der Waals surface area contributed by atoms with E-state index in [-0.39, 0.29) is 10.6 Å². The smallest absolute Gasteiger partial charge is 0.278 e. The van der Waals surface area contributed by atoms with Crippen molar-refractivity contribution in [1.82, 2.24) is 4.98 Å². The first-order valence-corrected chi connectivity index (χ1v) is 7.36. The van der Waals surface area contributed by atoms with E-state index >= 15 is 0 Å². The summed E-state index contributed by atoms with van der Waals surface area (Å²) in [6.07, 6.45) is 5.43. The Morgan fingerprint density at radius 1 is 1.38 bits per heavy atom. The second kappa shape index (κ2) is 5.31. The number of rotatable bonds is 4. The number of hydrogen-bond donors (Lipinski definition) is 1. The zero-order chi connectivity index (χ0) is 15.0. The predicted molar refractivity (Wildman–Crippen MR) is 83.6 cm³/mol. The fourth-order valence-electron chi connectivity index (χ4n) is 2.92. The van der Waals surface area contributed by atoms with Gasteiger partial charge in [0, 0.05) is 35.1 Å². The third-order valence-corrected chi connectivity index (χ3v) is 4.45. The van der Waals surface area contributed by atoms with Crippen LogP contribution in [0.5, 0.6) is 0 Å². The van der Waals surface area contributed by atoms with Crippen molar-refractivity contribution in [2.75, 3.05) is 5.32 Å². The van der Waals surface area contributed by atoms with Crippen LogP contribution in [0.4, 0.5) is 11.4 Å². The number of nitrogens with one attached hydrogen (secondary N) is 1. The molecular weight excluding hydrogens is 266 g/mol. The number of nitro benzene ring substituents is 1. The zero-order valence-corrected chi connectivity index (χ0v) is 12.3. The maximum Gasteiger partial charge on any atom is 0.278 e. The first-order valence-electron chi connectivity index (χ1n) is 7.36. The number of aromatic nitrogens is 1. The summed E-state index contributed by atoms with van der Waals surface area (Å²) < 4.78 is 0. The van der Waals surface area contributed by atoms with Crippen molar-refractivity contribution >= 4 is 22.1 Å². The third-order valence-electron chi connectivity index (χ3n) is 4.45. The molecule has 1 aliphatic rings. The van der Waals surface area contributed by atoms with Gasteiger partial charge in [0.25, 0.3) is 5.69 Å². The minimum Gasteiger partial charge on any atom is -0.382 e. The summed E-state index contributed by atoms with van der Waals surface area (Å²) in [6, 6.07) is 5.68. The molecule has 1 unspecified atom stereocenters. The van der Waals surface area contributed by atoms with Crippen LogP contribution in [-0.2, 0) is 0 Å². The maximum atomic E-state index is 11.2. The molecule has 1 N–H and O–H groups in total. The van der Waals surface area contributed by atoms with Crippen LogP contribution in [0.2, 0.25) is 0 Å². The highest BCUT2D eigenvalue weighted by molar-refractivity contribution is 5.99. The molecule has 21 heavy (non-hydrogen) atoms. The van der Waals surface area contributed by atoms with Crippen molar-refractivity contribution in [1.29, 1.82) is 0 Å². The molecule has 1 aliphatic carbocycles. The molecule has 2 aromatic rings. The molecule has 0 aliphatic heterocycles. The normalized spacial score (nSPS) is 16.5. The van der Waals surface area contributed by atoms with Crippen LogP contribution in [0.3, 0.4) is 0 Å². The van der Waals surface area contributed by atoms with Gasteiger partial charge in [-0.2, -0.15) is 0 Å². The van der Waals surface area contributed by atoms with Gasteiger partial charge in [-0.25, -0.2) is 0 Å². The van der Waals surface area contributed by atoms with Gasteiger partial charge in [-0.3, -0.25) is 15.1 Å². The molecule has 0 bridgehead atoms. The Balaban J connectivity index is 2.03. The molecular formula is C16H19N3O2. The minimum absolute atomic E-state index is 0.111. The molecule has 5 heteroatoms. The maximum absolute atomic E-state index is 11.2. The van der Waals surface area contributed by atoms with E-state index in [1.807, 2.05) is 19.1 Å². The Morgan fingerprint density at radius 2 is 2.14 bits per heavy atom. The number of anilines is 1. The fraction of sp³-hybridized carbons (Fsp3) is 0.438. The highest BCUT2D eigenvalue weighted by Crippen LogP contribution is 2.35. The number of pyridine rings is 1. The van der Waals surface area contributed by atoms with Crippen molar-refractivity contribution in [2.24, 2.45) is 5.92 Å². The highest BCUT2D eigenvalue weighted by Gasteiger charge is 2.24. The summed E-state index contributed by atoms with van der Waals surface area (Å²) >= 11 is 0. The molecule has 1 fully saturated rings. The second-order valence-electron chi connectivity index (χ2n) is 5.88. The van der Waals surface area contributed by atoms with Gasteiger partial charge in [-0.1, -0.05) is 6.42 Å². The average Bonchev–Trinajstić information content (AvgIpc) is 2.36. The second-order valence-corrected chi connectivity index (χ2v) is 5.88. The van der Waals surface area contributed by atoms with E-state index < -0.39 is 0 Å². The lowest BCUT2D eigenvalue weighted by atomic mass is 9.80. The molecule has 5 nitrogen and oxygen atoms in total. The van der Waals surface area contributed by atoms with Crippen LogP contribution in [0.25, 0.3) is 10.8 Å². The lowest BCUT2D eigenvalue weighted by Crippen LogP contribution is -2.30. The van der Waals surface area contributed by atoms with Gasteiger partial charge in [0.05, 0.1) is 10.3 Å². The molecule has 0 amide bonds. The van der Waals surface area contributed by atoms with Crippen molar-refractivity contribution in [3.63, 3.8) is 0 Å². The predicted octanol–water partition coefficient (Wildman–Crippen LogP) is 4.05. The molecule has 1 saturated carbocycles. The van der Waals surface area contributed by atoms with Crippen LogP contribution in [0, 0.1) is 23.0 Å². The number of benzene rings is 1. The van der Waals surface area contributed by atoms with Crippen LogP contribution in [0.1, 0.15) is 31.9 Å². The first kappa shape index (κ1) is 13.8. The van der Waals surface area contributed by atoms with E-state index in [2.05, 4.69) is 17.2 Å². The first-order chi connectivity index (χ1) is 10.1. The van der Waals surface area contributed by atoms with E-state index in [0.29, 0.717) is 17.3 Å². The van der Waals surface area contributed by atoms with Crippen LogP contribution < -0.4 is 5.32 Å². The molecule has 0 saturated heterocycles. The Bertz CT molecular complexity index is 695. The molecule has 1 atom stereocenters. The topological polar surface area (TPSA) is 68.1 Å². The summed E-state index contributed by atoms with van der Waals surface area (Å²) in [4.78, 5) is 15.0. The summed E-state index contributed by atoms with van der Waals surface area (Å²) in [5.74, 6) is 0.707. The summed E-state index contributed by atoms with van der Waals surface area (Å²) in [5, 5.41) is 16.2. The highest BCUT2D eigenvalue weighted by atomic mass is 16.6. The average molecular weight is 285 g/mol. The van der Waals surface area contributed by atoms with E-state index in [0.717, 1.165) is 16.8 Å². The van der Waals surface area contributed by atoms with Crippen molar-refractivity contribution < 1.29 is 4.92 Å². The number of nitrogens with zero attached hydrogens (tertiary/aromatic N) is 2. The van der Waals surface area contributed by atoms with Gasteiger partial charge in [0.1, 0.15) is 0 Å². The van der Waals surface area contributed by atoms with E-state index in [1.165, 1.54) is 19.3 Å². The van der Waals surface area contributed by atoms with E-state index in [1.54, 1.807) is 12.3 Å². The Morgan fingerprint density at radius 3 is 2.76 bits per heavy atom. The number of nitro groups is 1. The lowest BCUT2D eigenvalue weighted by Gasteiger charge is -2.32. The van der Waals surface area contributed by atoms with Crippen LogP contribution in [0.15, 0.2) is 24.4 Å². The standard InChI is InChI=1S/C16H19N3O2/c1-10-8-13-14(9-17-10)16(19(20)21)7-6-15(13)18-11(2)12-4-3-5-12/h6-9,11-12,18H,3-5H2,1-2H3. The molecule has 1 aromatic carbocycles. The van der Waals surface area contributed by atoms with E-state index in [4.69, 9.17) is 0 Å². The minimum atomic E-state index is -0.349. The van der Waals surface area contributed by atoms with Gasteiger partial charge in [0.2, 0.25) is 0 Å². The van der Waals surface area contributed by atoms with Crippen LogP contribution >= 0.6 is 0 Å². The number of fused-ring (bicyclic) bond motifs is 1. The Hall–Kier alpha value is -2.17. The molecule has 0 spiro atoms.